The maximum absolute atomic E-state index is 12.0. The summed E-state index contributed by atoms with van der Waals surface area (Å²) in [6.07, 6.45) is 5.66. The van der Waals surface area contributed by atoms with E-state index >= 15 is 0 Å². The normalized spacial score (nSPS) is 34.1. The lowest BCUT2D eigenvalue weighted by atomic mass is 9.94. The lowest BCUT2D eigenvalue weighted by Gasteiger charge is -2.24. The number of hydrogen-bond acceptors (Lipinski definition) is 4. The van der Waals surface area contributed by atoms with Gasteiger partial charge in [0, 0.05) is 12.6 Å². The van der Waals surface area contributed by atoms with Crippen LogP contribution in [0.4, 0.5) is 0 Å². The van der Waals surface area contributed by atoms with E-state index in [4.69, 9.17) is 4.74 Å². The molecule has 0 aromatic heterocycles. The summed E-state index contributed by atoms with van der Waals surface area (Å²) in [7, 11) is 1.44. The summed E-state index contributed by atoms with van der Waals surface area (Å²) in [6.45, 7) is 1.20. The number of ether oxygens (including phenoxy) is 1. The fourth-order valence-corrected chi connectivity index (χ4v) is 3.69. The van der Waals surface area contributed by atoms with Gasteiger partial charge in [-0.15, -0.1) is 0 Å². The number of methoxy groups -OCH3 is 1. The molecule has 0 aromatic carbocycles. The monoisotopic (exact) mass is 266 g/mol. The molecule has 3 atom stereocenters. The first-order valence-corrected chi connectivity index (χ1v) is 7.30. The van der Waals surface area contributed by atoms with Crippen LogP contribution < -0.4 is 5.32 Å². The topological polar surface area (TPSA) is 58.6 Å². The zero-order chi connectivity index (χ0) is 13.4. The third kappa shape index (κ3) is 2.61. The van der Waals surface area contributed by atoms with E-state index in [1.807, 2.05) is 4.90 Å². The lowest BCUT2D eigenvalue weighted by Crippen LogP contribution is -2.45. The van der Waals surface area contributed by atoms with E-state index in [1.165, 1.54) is 20.0 Å². The van der Waals surface area contributed by atoms with Crippen LogP contribution in [0.2, 0.25) is 0 Å². The van der Waals surface area contributed by atoms with Gasteiger partial charge in [0.1, 0.15) is 6.04 Å². The van der Waals surface area contributed by atoms with E-state index in [1.54, 1.807) is 0 Å². The predicted molar refractivity (Wildman–Crippen MR) is 69.4 cm³/mol. The van der Waals surface area contributed by atoms with Crippen molar-refractivity contribution in [3.8, 4) is 0 Å². The van der Waals surface area contributed by atoms with Gasteiger partial charge in [0.05, 0.1) is 13.7 Å². The van der Waals surface area contributed by atoms with E-state index in [0.717, 1.165) is 25.8 Å². The quantitative estimate of drug-likeness (QED) is 0.755. The Hall–Kier alpha value is -1.10. The first-order valence-electron chi connectivity index (χ1n) is 7.30. The molecule has 1 aliphatic heterocycles. The van der Waals surface area contributed by atoms with Gasteiger partial charge in [-0.05, 0) is 37.5 Å². The number of nitrogens with zero attached hydrogens (tertiary/aromatic N) is 1. The molecule has 3 fully saturated rings. The van der Waals surface area contributed by atoms with Gasteiger partial charge in [-0.3, -0.25) is 14.5 Å². The molecular formula is C14H22N2O3. The molecule has 2 saturated carbocycles. The zero-order valence-corrected chi connectivity index (χ0v) is 11.4. The Balaban J connectivity index is 1.64. The van der Waals surface area contributed by atoms with Crippen molar-refractivity contribution in [3.63, 3.8) is 0 Å². The molecule has 0 aromatic rings. The van der Waals surface area contributed by atoms with Gasteiger partial charge in [-0.1, -0.05) is 6.42 Å². The summed E-state index contributed by atoms with van der Waals surface area (Å²) in [5.74, 6) is 0.837. The summed E-state index contributed by atoms with van der Waals surface area (Å²) in [4.78, 5) is 25.9. The van der Waals surface area contributed by atoms with Crippen LogP contribution in [0.1, 0.15) is 32.1 Å². The fraction of sp³-hybridized carbons (Fsp3) is 0.857. The third-order valence-electron chi connectivity index (χ3n) is 4.72. The second-order valence-electron chi connectivity index (χ2n) is 6.09. The minimum absolute atomic E-state index is 0.0522. The Bertz CT molecular complexity index is 381. The molecule has 0 radical (unpaired) electrons. The van der Waals surface area contributed by atoms with Gasteiger partial charge in [0.15, 0.2) is 0 Å². The Morgan fingerprint density at radius 1 is 1.26 bits per heavy atom. The summed E-state index contributed by atoms with van der Waals surface area (Å²) in [5, 5.41) is 2.99. The first kappa shape index (κ1) is 12.9. The van der Waals surface area contributed by atoms with E-state index in [9.17, 15) is 9.59 Å². The highest BCUT2D eigenvalue weighted by Crippen LogP contribution is 2.42. The highest BCUT2D eigenvalue weighted by atomic mass is 16.5. The maximum atomic E-state index is 12.0. The number of carbonyl (C=O) groups excluding carboxylic acids is 2. The van der Waals surface area contributed by atoms with Crippen LogP contribution in [0, 0.1) is 11.8 Å². The average molecular weight is 266 g/mol. The first-order chi connectivity index (χ1) is 9.19. The summed E-state index contributed by atoms with van der Waals surface area (Å²) < 4.78 is 4.94. The second-order valence-corrected chi connectivity index (χ2v) is 6.09. The van der Waals surface area contributed by atoms with Gasteiger partial charge in [0.2, 0.25) is 5.91 Å². The predicted octanol–water partition coefficient (Wildman–Crippen LogP) is 0.539. The van der Waals surface area contributed by atoms with Crippen molar-refractivity contribution in [1.29, 1.82) is 0 Å². The van der Waals surface area contributed by atoms with Crippen LogP contribution in [0.15, 0.2) is 0 Å². The number of amides is 1. The van der Waals surface area contributed by atoms with Gasteiger partial charge in [0.25, 0.3) is 0 Å². The number of hydrogen-bond donors (Lipinski definition) is 1. The largest absolute Gasteiger partial charge is 0.468 e. The zero-order valence-electron chi connectivity index (χ0n) is 11.4. The molecule has 5 heteroatoms. The molecule has 3 aliphatic rings. The Labute approximate surface area is 113 Å². The fourth-order valence-electron chi connectivity index (χ4n) is 3.69. The molecule has 19 heavy (non-hydrogen) atoms. The SMILES string of the molecule is COC(=O)[C@@H]1[C@H]2CCC[C@H]2CN1CC(=O)NC1CC1. The van der Waals surface area contributed by atoms with Crippen molar-refractivity contribution >= 4 is 11.9 Å². The Morgan fingerprint density at radius 2 is 2.05 bits per heavy atom. The maximum Gasteiger partial charge on any atom is 0.323 e. The molecule has 0 unspecified atom stereocenters. The van der Waals surface area contributed by atoms with Gasteiger partial charge >= 0.3 is 5.97 Å². The highest BCUT2D eigenvalue weighted by molar-refractivity contribution is 5.81. The van der Waals surface area contributed by atoms with Crippen LogP contribution in [-0.4, -0.2) is 49.1 Å². The molecule has 0 bridgehead atoms. The number of esters is 1. The molecule has 106 valence electrons. The lowest BCUT2D eigenvalue weighted by molar-refractivity contribution is -0.147. The van der Waals surface area contributed by atoms with Crippen LogP contribution in [0.3, 0.4) is 0 Å². The molecule has 2 aliphatic carbocycles. The number of rotatable bonds is 4. The van der Waals surface area contributed by atoms with Crippen LogP contribution in [0.5, 0.6) is 0 Å². The van der Waals surface area contributed by atoms with E-state index < -0.39 is 0 Å². The van der Waals surface area contributed by atoms with Gasteiger partial charge < -0.3 is 10.1 Å². The summed E-state index contributed by atoms with van der Waals surface area (Å²) in [5.41, 5.74) is 0. The van der Waals surface area contributed by atoms with Crippen molar-refractivity contribution in [2.45, 2.75) is 44.2 Å². The molecule has 3 rings (SSSR count). The smallest absolute Gasteiger partial charge is 0.323 e. The Morgan fingerprint density at radius 3 is 2.74 bits per heavy atom. The van der Waals surface area contributed by atoms with Crippen LogP contribution >= 0.6 is 0 Å². The average Bonchev–Trinajstić information content (AvgIpc) is 2.95. The number of nitrogens with one attached hydrogen (secondary N) is 1. The van der Waals surface area contributed by atoms with E-state index in [2.05, 4.69) is 5.32 Å². The Kier molecular flexibility index (Phi) is 3.48. The van der Waals surface area contributed by atoms with Crippen molar-refractivity contribution in [2.24, 2.45) is 11.8 Å². The van der Waals surface area contributed by atoms with Crippen molar-refractivity contribution in [3.05, 3.63) is 0 Å². The molecule has 1 N–H and O–H groups in total. The van der Waals surface area contributed by atoms with Crippen molar-refractivity contribution in [2.75, 3.05) is 20.2 Å². The summed E-state index contributed by atoms with van der Waals surface area (Å²) >= 11 is 0. The third-order valence-corrected chi connectivity index (χ3v) is 4.72. The molecule has 0 spiro atoms. The number of carbonyl (C=O) groups is 2. The second kappa shape index (κ2) is 5.12. The highest BCUT2D eigenvalue weighted by Gasteiger charge is 2.48. The van der Waals surface area contributed by atoms with Crippen LogP contribution in [-0.2, 0) is 14.3 Å². The van der Waals surface area contributed by atoms with E-state index in [0.29, 0.717) is 24.4 Å². The van der Waals surface area contributed by atoms with Gasteiger partial charge in [-0.2, -0.15) is 0 Å². The molecule has 1 amide bonds. The van der Waals surface area contributed by atoms with Gasteiger partial charge in [-0.25, -0.2) is 0 Å². The molecular weight excluding hydrogens is 244 g/mol. The minimum Gasteiger partial charge on any atom is -0.468 e. The molecule has 1 heterocycles. The van der Waals surface area contributed by atoms with Crippen LogP contribution in [0.25, 0.3) is 0 Å². The minimum atomic E-state index is -0.206. The molecule has 1 saturated heterocycles. The number of fused-ring (bicyclic) bond motifs is 1. The summed E-state index contributed by atoms with van der Waals surface area (Å²) in [6, 6.07) is 0.175. The van der Waals surface area contributed by atoms with Crippen molar-refractivity contribution in [1.82, 2.24) is 10.2 Å². The van der Waals surface area contributed by atoms with Crippen molar-refractivity contribution < 1.29 is 14.3 Å². The number of likely N-dealkylation sites (tertiary alicyclic amines) is 1. The standard InChI is InChI=1S/C14H22N2O3/c1-19-14(18)13-11-4-2-3-9(11)7-16(13)8-12(17)15-10-5-6-10/h9-11,13H,2-8H2,1H3,(H,15,17)/t9-,11-,13-/m0/s1. The molecule has 5 nitrogen and oxygen atoms in total. The van der Waals surface area contributed by atoms with E-state index in [-0.39, 0.29) is 17.9 Å².